The molecule has 0 aromatic carbocycles. The van der Waals surface area contributed by atoms with E-state index in [2.05, 4.69) is 31.0 Å². The van der Waals surface area contributed by atoms with Crippen LogP contribution in [0.4, 0.5) is 0 Å². The molecule has 1 fully saturated rings. The fourth-order valence-corrected chi connectivity index (χ4v) is 2.26. The van der Waals surface area contributed by atoms with Gasteiger partial charge in [-0.3, -0.25) is 4.79 Å². The smallest absolute Gasteiger partial charge is 0.223 e. The Balaban J connectivity index is 2.30. The van der Waals surface area contributed by atoms with E-state index in [1.807, 2.05) is 4.90 Å². The summed E-state index contributed by atoms with van der Waals surface area (Å²) < 4.78 is 0. The molecular weight excluding hydrogens is 214 g/mol. The van der Waals surface area contributed by atoms with Crippen molar-refractivity contribution in [2.24, 2.45) is 0 Å². The molecule has 1 heterocycles. The van der Waals surface area contributed by atoms with Gasteiger partial charge in [-0.2, -0.15) is 0 Å². The molecule has 0 aromatic rings. The zero-order chi connectivity index (χ0) is 12.7. The third-order valence-corrected chi connectivity index (χ3v) is 3.70. The molecule has 100 valence electrons. The van der Waals surface area contributed by atoms with Crippen molar-refractivity contribution < 1.29 is 4.79 Å². The fourth-order valence-electron chi connectivity index (χ4n) is 2.26. The average molecular weight is 241 g/mol. The lowest BCUT2D eigenvalue weighted by Gasteiger charge is -2.30. The van der Waals surface area contributed by atoms with Gasteiger partial charge in [0.1, 0.15) is 0 Å². The summed E-state index contributed by atoms with van der Waals surface area (Å²) >= 11 is 0. The maximum Gasteiger partial charge on any atom is 0.223 e. The molecule has 17 heavy (non-hydrogen) atoms. The minimum absolute atomic E-state index is 0.313. The Labute approximate surface area is 105 Å². The summed E-state index contributed by atoms with van der Waals surface area (Å²) in [4.78, 5) is 16.4. The third kappa shape index (κ3) is 4.64. The van der Waals surface area contributed by atoms with Crippen molar-refractivity contribution in [2.75, 3.05) is 39.3 Å². The van der Waals surface area contributed by atoms with Gasteiger partial charge in [-0.25, -0.2) is 0 Å². The number of carbonyl (C=O) groups is 1. The number of hydrogen-bond donors (Lipinski definition) is 1. The molecular formula is C13H27N3O. The summed E-state index contributed by atoms with van der Waals surface area (Å²) in [6.07, 6.45) is 1.81. The van der Waals surface area contributed by atoms with Crippen LogP contribution in [0.1, 0.15) is 33.6 Å². The van der Waals surface area contributed by atoms with Crippen molar-refractivity contribution in [3.05, 3.63) is 0 Å². The van der Waals surface area contributed by atoms with E-state index in [4.69, 9.17) is 0 Å². The molecule has 1 saturated heterocycles. The molecule has 0 bridgehead atoms. The number of amides is 1. The predicted octanol–water partition coefficient (Wildman–Crippen LogP) is 0.929. The number of piperazine rings is 1. The van der Waals surface area contributed by atoms with E-state index in [-0.39, 0.29) is 0 Å². The van der Waals surface area contributed by atoms with Gasteiger partial charge in [0.05, 0.1) is 0 Å². The van der Waals surface area contributed by atoms with Gasteiger partial charge in [-0.15, -0.1) is 0 Å². The molecule has 1 aliphatic heterocycles. The maximum atomic E-state index is 12.0. The molecule has 0 aliphatic carbocycles. The van der Waals surface area contributed by atoms with Crippen LogP contribution in [0.15, 0.2) is 0 Å². The zero-order valence-electron chi connectivity index (χ0n) is 11.5. The van der Waals surface area contributed by atoms with Crippen molar-refractivity contribution in [3.8, 4) is 0 Å². The average Bonchev–Trinajstić information content (AvgIpc) is 2.39. The Bertz CT molecular complexity index is 227. The highest BCUT2D eigenvalue weighted by Crippen LogP contribution is 2.05. The quantitative estimate of drug-likeness (QED) is 0.751. The van der Waals surface area contributed by atoms with Gasteiger partial charge in [0.15, 0.2) is 0 Å². The number of hydrogen-bond acceptors (Lipinski definition) is 3. The second-order valence-corrected chi connectivity index (χ2v) is 4.77. The van der Waals surface area contributed by atoms with E-state index in [1.165, 1.54) is 0 Å². The highest BCUT2D eigenvalue weighted by atomic mass is 16.2. The number of nitrogens with zero attached hydrogens (tertiary/aromatic N) is 2. The molecule has 1 N–H and O–H groups in total. The van der Waals surface area contributed by atoms with Crippen LogP contribution in [0.25, 0.3) is 0 Å². The van der Waals surface area contributed by atoms with E-state index in [0.717, 1.165) is 45.7 Å². The first-order chi connectivity index (χ1) is 8.19. The van der Waals surface area contributed by atoms with Gasteiger partial charge in [0.25, 0.3) is 0 Å². The molecule has 1 unspecified atom stereocenters. The van der Waals surface area contributed by atoms with Crippen LogP contribution in [-0.4, -0.2) is 61.0 Å². The van der Waals surface area contributed by atoms with Gasteiger partial charge in [-0.05, 0) is 19.9 Å². The molecule has 1 aliphatic rings. The second kappa shape index (κ2) is 7.67. The highest BCUT2D eigenvalue weighted by molar-refractivity contribution is 5.76. The molecule has 1 atom stereocenters. The van der Waals surface area contributed by atoms with Crippen LogP contribution in [0.2, 0.25) is 0 Å². The van der Waals surface area contributed by atoms with Crippen molar-refractivity contribution in [1.29, 1.82) is 0 Å². The van der Waals surface area contributed by atoms with Gasteiger partial charge in [-0.1, -0.05) is 13.8 Å². The van der Waals surface area contributed by atoms with Crippen molar-refractivity contribution in [3.63, 3.8) is 0 Å². The Kier molecular flexibility index (Phi) is 6.52. The van der Waals surface area contributed by atoms with Crippen molar-refractivity contribution in [2.45, 2.75) is 39.7 Å². The highest BCUT2D eigenvalue weighted by Gasteiger charge is 2.17. The summed E-state index contributed by atoms with van der Waals surface area (Å²) in [6.45, 7) is 12.1. The number of rotatable bonds is 6. The van der Waals surface area contributed by atoms with Gasteiger partial charge < -0.3 is 15.1 Å². The van der Waals surface area contributed by atoms with Crippen molar-refractivity contribution >= 4 is 5.91 Å². The summed E-state index contributed by atoms with van der Waals surface area (Å²) in [5.74, 6) is 0.313. The van der Waals surface area contributed by atoms with E-state index in [1.54, 1.807) is 0 Å². The summed E-state index contributed by atoms with van der Waals surface area (Å²) in [6, 6.07) is 0.579. The van der Waals surface area contributed by atoms with Gasteiger partial charge in [0.2, 0.25) is 5.91 Å². The Morgan fingerprint density at radius 1 is 1.35 bits per heavy atom. The normalized spacial score (nSPS) is 18.5. The Morgan fingerprint density at radius 2 is 2.00 bits per heavy atom. The third-order valence-electron chi connectivity index (χ3n) is 3.70. The lowest BCUT2D eigenvalue weighted by Crippen LogP contribution is -2.47. The van der Waals surface area contributed by atoms with Crippen LogP contribution >= 0.6 is 0 Å². The summed E-state index contributed by atoms with van der Waals surface area (Å²) in [5, 5.41) is 3.27. The first-order valence-electron chi connectivity index (χ1n) is 6.91. The lowest BCUT2D eigenvalue weighted by molar-refractivity contribution is -0.132. The maximum absolute atomic E-state index is 12.0. The van der Waals surface area contributed by atoms with E-state index in [9.17, 15) is 4.79 Å². The van der Waals surface area contributed by atoms with Crippen molar-refractivity contribution in [1.82, 2.24) is 15.1 Å². The number of carbonyl (C=O) groups excluding carboxylic acids is 1. The van der Waals surface area contributed by atoms with Crippen LogP contribution in [-0.2, 0) is 4.79 Å². The SMILES string of the molecule is CCC(C)N(CC)CCC(=O)N1CCNCC1. The molecule has 1 rings (SSSR count). The lowest BCUT2D eigenvalue weighted by atomic mass is 10.2. The molecule has 1 amide bonds. The minimum atomic E-state index is 0.313. The first kappa shape index (κ1) is 14.5. The molecule has 4 nitrogen and oxygen atoms in total. The second-order valence-electron chi connectivity index (χ2n) is 4.77. The van der Waals surface area contributed by atoms with Crippen LogP contribution in [0, 0.1) is 0 Å². The van der Waals surface area contributed by atoms with Crippen LogP contribution in [0.5, 0.6) is 0 Å². The Hall–Kier alpha value is -0.610. The topological polar surface area (TPSA) is 35.6 Å². The van der Waals surface area contributed by atoms with E-state index in [0.29, 0.717) is 18.4 Å². The number of nitrogens with one attached hydrogen (secondary N) is 1. The monoisotopic (exact) mass is 241 g/mol. The molecule has 0 spiro atoms. The molecule has 4 heteroatoms. The first-order valence-corrected chi connectivity index (χ1v) is 6.91. The fraction of sp³-hybridized carbons (Fsp3) is 0.923. The van der Waals surface area contributed by atoms with Crippen LogP contribution < -0.4 is 5.32 Å². The van der Waals surface area contributed by atoms with E-state index >= 15 is 0 Å². The largest absolute Gasteiger partial charge is 0.340 e. The molecule has 0 radical (unpaired) electrons. The summed E-state index contributed by atoms with van der Waals surface area (Å²) in [7, 11) is 0. The standard InChI is InChI=1S/C13H27N3O/c1-4-12(3)15(5-2)9-6-13(17)16-10-7-14-8-11-16/h12,14H,4-11H2,1-3H3. The van der Waals surface area contributed by atoms with Gasteiger partial charge >= 0.3 is 0 Å². The summed E-state index contributed by atoms with van der Waals surface area (Å²) in [5.41, 5.74) is 0. The van der Waals surface area contributed by atoms with Crippen LogP contribution in [0.3, 0.4) is 0 Å². The molecule has 0 saturated carbocycles. The zero-order valence-corrected chi connectivity index (χ0v) is 11.5. The Morgan fingerprint density at radius 3 is 2.53 bits per heavy atom. The minimum Gasteiger partial charge on any atom is -0.340 e. The molecule has 0 aromatic heterocycles. The van der Waals surface area contributed by atoms with Gasteiger partial charge in [0, 0.05) is 45.2 Å². The predicted molar refractivity (Wildman–Crippen MR) is 71.1 cm³/mol. The van der Waals surface area contributed by atoms with E-state index < -0.39 is 0 Å².